The minimum atomic E-state index is -4.99. The first-order valence-electron chi connectivity index (χ1n) is 37.4. The predicted molar refractivity (Wildman–Crippen MR) is 399 cm³/mol. The van der Waals surface area contributed by atoms with Gasteiger partial charge in [0.1, 0.15) is 19.3 Å². The topological polar surface area (TPSA) is 237 Å². The van der Waals surface area contributed by atoms with Crippen LogP contribution in [-0.4, -0.2) is 96.7 Å². The highest BCUT2D eigenvalue weighted by molar-refractivity contribution is 7.47. The Morgan fingerprint density at radius 1 is 0.296 bits per heavy atom. The number of aliphatic hydroxyl groups excluding tert-OH is 1. The lowest BCUT2D eigenvalue weighted by atomic mass is 10.1. The van der Waals surface area contributed by atoms with E-state index < -0.39 is 97.5 Å². The van der Waals surface area contributed by atoms with Gasteiger partial charge in [0.25, 0.3) is 0 Å². The molecule has 0 aromatic rings. The summed E-state index contributed by atoms with van der Waals surface area (Å²) in [5.41, 5.74) is 0. The molecule has 560 valence electrons. The van der Waals surface area contributed by atoms with Gasteiger partial charge in [0, 0.05) is 25.7 Å². The molecule has 0 aliphatic carbocycles. The monoisotopic (exact) mass is 1410 g/mol. The molecule has 0 amide bonds. The van der Waals surface area contributed by atoms with E-state index >= 15 is 0 Å². The maximum atomic E-state index is 13.1. The van der Waals surface area contributed by atoms with Crippen LogP contribution < -0.4 is 0 Å². The highest BCUT2D eigenvalue weighted by atomic mass is 31.2. The predicted octanol–water partition coefficient (Wildman–Crippen LogP) is 21.3. The van der Waals surface area contributed by atoms with Crippen LogP contribution in [0.1, 0.15) is 285 Å². The van der Waals surface area contributed by atoms with E-state index in [1.54, 1.807) is 0 Å². The number of rotatable bonds is 69. The quantitative estimate of drug-likeness (QED) is 0.0169. The molecule has 5 unspecified atom stereocenters. The summed E-state index contributed by atoms with van der Waals surface area (Å²) in [5.74, 6) is -2.28. The smallest absolute Gasteiger partial charge is 0.462 e. The average molecular weight is 1420 g/mol. The van der Waals surface area contributed by atoms with Gasteiger partial charge >= 0.3 is 39.5 Å². The SMILES string of the molecule is CC/C=C\C/C=C\C/C=C\C/C=C\C/C=C\CCCC(=O)OCC(COP(=O)(O)OCC(O)COP(=O)(O)OCC(COC(=O)CCCCCCC/C=C\C/C=C\C/C=C\CC)OC(=O)CCCCCCC/C=C\C/C=C\C/C=C\CC)OC(=O)CCCCCCCCCCCCC. The van der Waals surface area contributed by atoms with E-state index in [9.17, 15) is 43.2 Å². The summed E-state index contributed by atoms with van der Waals surface area (Å²) >= 11 is 0. The van der Waals surface area contributed by atoms with E-state index in [4.69, 9.17) is 37.0 Å². The van der Waals surface area contributed by atoms with Gasteiger partial charge in [0.15, 0.2) is 12.2 Å². The molecular weight excluding hydrogens is 1280 g/mol. The second-order valence-electron chi connectivity index (χ2n) is 24.5. The van der Waals surface area contributed by atoms with Crippen molar-refractivity contribution in [3.8, 4) is 0 Å². The van der Waals surface area contributed by atoms with Crippen molar-refractivity contribution in [3.63, 3.8) is 0 Å². The van der Waals surface area contributed by atoms with Crippen LogP contribution in [0, 0.1) is 0 Å². The minimum absolute atomic E-state index is 0.0675. The number of hydrogen-bond donors (Lipinski definition) is 3. The second kappa shape index (κ2) is 70.6. The number of hydrogen-bond acceptors (Lipinski definition) is 15. The number of carbonyl (C=O) groups excluding carboxylic acids is 4. The molecule has 19 heteroatoms. The highest BCUT2D eigenvalue weighted by Gasteiger charge is 2.30. The molecule has 0 bridgehead atoms. The molecule has 3 N–H and O–H groups in total. The maximum Gasteiger partial charge on any atom is 0.472 e. The van der Waals surface area contributed by atoms with Crippen molar-refractivity contribution in [1.82, 2.24) is 0 Å². The van der Waals surface area contributed by atoms with Crippen LogP contribution in [0.25, 0.3) is 0 Å². The van der Waals surface area contributed by atoms with Crippen molar-refractivity contribution < 1.29 is 80.2 Å². The van der Waals surface area contributed by atoms with Gasteiger partial charge in [-0.15, -0.1) is 0 Å². The number of phosphoric acid groups is 2. The maximum absolute atomic E-state index is 13.1. The zero-order valence-electron chi connectivity index (χ0n) is 60.9. The van der Waals surface area contributed by atoms with Gasteiger partial charge in [-0.3, -0.25) is 37.3 Å². The van der Waals surface area contributed by atoms with Gasteiger partial charge in [-0.2, -0.15) is 0 Å². The molecule has 0 fully saturated rings. The molecule has 0 radical (unpaired) electrons. The van der Waals surface area contributed by atoms with E-state index in [1.807, 2.05) is 12.2 Å². The van der Waals surface area contributed by atoms with Gasteiger partial charge < -0.3 is 33.8 Å². The number of ether oxygens (including phenoxy) is 4. The van der Waals surface area contributed by atoms with Crippen molar-refractivity contribution in [2.75, 3.05) is 39.6 Å². The minimum Gasteiger partial charge on any atom is -0.462 e. The molecule has 0 heterocycles. The first-order valence-corrected chi connectivity index (χ1v) is 40.4. The number of unbranched alkanes of at least 4 members (excludes halogenated alkanes) is 21. The molecule has 0 aromatic carbocycles. The summed E-state index contributed by atoms with van der Waals surface area (Å²) in [6.45, 7) is 4.41. The van der Waals surface area contributed by atoms with Gasteiger partial charge in [0.05, 0.1) is 26.4 Å². The molecule has 17 nitrogen and oxygen atoms in total. The van der Waals surface area contributed by atoms with Gasteiger partial charge in [-0.25, -0.2) is 9.13 Å². The van der Waals surface area contributed by atoms with Crippen molar-refractivity contribution in [3.05, 3.63) is 134 Å². The van der Waals surface area contributed by atoms with Gasteiger partial charge in [-0.05, 0) is 128 Å². The van der Waals surface area contributed by atoms with E-state index in [-0.39, 0.29) is 25.7 Å². The molecule has 0 saturated heterocycles. The van der Waals surface area contributed by atoms with E-state index in [0.29, 0.717) is 32.1 Å². The third kappa shape index (κ3) is 69.7. The third-order valence-electron chi connectivity index (χ3n) is 15.1. The van der Waals surface area contributed by atoms with Crippen LogP contribution in [0.15, 0.2) is 134 Å². The Hall–Kier alpha value is -4.80. The second-order valence-corrected chi connectivity index (χ2v) is 27.4. The van der Waals surface area contributed by atoms with E-state index in [2.05, 4.69) is 149 Å². The van der Waals surface area contributed by atoms with E-state index in [1.165, 1.54) is 38.5 Å². The molecule has 0 aliphatic rings. The number of carbonyl (C=O) groups is 4. The Kier molecular flexibility index (Phi) is 67.2. The summed E-state index contributed by atoms with van der Waals surface area (Å²) in [6.07, 6.45) is 77.4. The van der Waals surface area contributed by atoms with Crippen LogP contribution in [0.2, 0.25) is 0 Å². The summed E-state index contributed by atoms with van der Waals surface area (Å²) in [6, 6.07) is 0. The third-order valence-corrected chi connectivity index (χ3v) is 17.0. The first-order chi connectivity index (χ1) is 47.7. The Bertz CT molecular complexity index is 2380. The lowest BCUT2D eigenvalue weighted by Gasteiger charge is -2.21. The van der Waals surface area contributed by atoms with Gasteiger partial charge in [0.2, 0.25) is 0 Å². The Morgan fingerprint density at radius 3 is 0.857 bits per heavy atom. The average Bonchev–Trinajstić information content (AvgIpc) is 0.986. The number of phosphoric ester groups is 2. The van der Waals surface area contributed by atoms with Crippen LogP contribution >= 0.6 is 15.6 Å². The summed E-state index contributed by atoms with van der Waals surface area (Å²) in [7, 11) is -9.97. The zero-order chi connectivity index (χ0) is 71.8. The fourth-order valence-corrected chi connectivity index (χ4v) is 11.1. The standard InChI is InChI=1S/C79H132O17P2/c1-5-9-13-17-21-25-29-32-35-36-39-41-45-48-52-56-60-64-77(82)89-69-74(95-78(83)65-61-57-53-49-43-28-24-20-16-12-8-4)71-93-97(85,86)91-67-73(80)68-92-98(87,88)94-72-75(96-79(84)66-62-58-54-50-46-42-38-34-31-27-23-19-15-11-7-3)70-90-76(81)63-59-55-51-47-44-40-37-33-30-26-22-18-14-10-6-2/h9-11,13-15,21-23,25-27,32-35,37-39,41,48,52,73-75,80H,5-8,12,16-20,24,28-31,36,40,42-47,49-51,53-72H2,1-4H3,(H,85,86)(H,87,88)/b13-9-,14-10-,15-11-,25-21-,26-22-,27-23-,35-32-,37-33-,38-34-,41-39-,52-48-. The molecule has 0 aliphatic heterocycles. The fourth-order valence-electron chi connectivity index (χ4n) is 9.52. The number of aliphatic hydroxyl groups is 1. The molecule has 0 aromatic heterocycles. The summed E-state index contributed by atoms with van der Waals surface area (Å²) in [5, 5.41) is 10.6. The van der Waals surface area contributed by atoms with Crippen LogP contribution in [0.5, 0.6) is 0 Å². The molecule has 0 rings (SSSR count). The molecule has 0 saturated carbocycles. The molecule has 0 spiro atoms. The fraction of sp³-hybridized carbons (Fsp3) is 0.671. The zero-order valence-corrected chi connectivity index (χ0v) is 62.7. The lowest BCUT2D eigenvalue weighted by Crippen LogP contribution is -2.30. The lowest BCUT2D eigenvalue weighted by molar-refractivity contribution is -0.161. The Balaban J connectivity index is 5.40. The normalized spacial score (nSPS) is 14.7. The van der Waals surface area contributed by atoms with Crippen molar-refractivity contribution >= 4 is 39.5 Å². The molecule has 5 atom stereocenters. The van der Waals surface area contributed by atoms with E-state index in [0.717, 1.165) is 161 Å². The first kappa shape index (κ1) is 93.2. The Morgan fingerprint density at radius 2 is 0.541 bits per heavy atom. The Labute approximate surface area is 593 Å². The number of allylic oxidation sites excluding steroid dienone is 22. The van der Waals surface area contributed by atoms with Crippen molar-refractivity contribution in [2.24, 2.45) is 0 Å². The largest absolute Gasteiger partial charge is 0.472 e. The van der Waals surface area contributed by atoms with Crippen LogP contribution in [0.4, 0.5) is 0 Å². The summed E-state index contributed by atoms with van der Waals surface area (Å²) < 4.78 is 68.3. The van der Waals surface area contributed by atoms with Crippen molar-refractivity contribution in [1.29, 1.82) is 0 Å². The number of esters is 4. The van der Waals surface area contributed by atoms with Crippen LogP contribution in [-0.2, 0) is 65.4 Å². The van der Waals surface area contributed by atoms with Crippen molar-refractivity contribution in [2.45, 2.75) is 303 Å². The van der Waals surface area contributed by atoms with Gasteiger partial charge in [-0.1, -0.05) is 264 Å². The summed E-state index contributed by atoms with van der Waals surface area (Å²) in [4.78, 5) is 72.8. The molecule has 98 heavy (non-hydrogen) atoms. The highest BCUT2D eigenvalue weighted by Crippen LogP contribution is 2.45. The molecular formula is C79H132O17P2. The van der Waals surface area contributed by atoms with Crippen LogP contribution in [0.3, 0.4) is 0 Å².